The quantitative estimate of drug-likeness (QED) is 0.671. The summed E-state index contributed by atoms with van der Waals surface area (Å²) >= 11 is 1.37. The maximum Gasteiger partial charge on any atom is 0.413 e. The van der Waals surface area contributed by atoms with Gasteiger partial charge in [0.25, 0.3) is 5.56 Å². The SMILES string of the molecule is Cc1sc2nc(CNOCC(F)(F)F)[nH]c(=O)c2c1C. The molecule has 0 bridgehead atoms. The van der Waals surface area contributed by atoms with Gasteiger partial charge in [-0.3, -0.25) is 9.63 Å². The molecule has 2 N–H and O–H groups in total. The third-order valence-corrected chi connectivity index (χ3v) is 3.77. The minimum absolute atomic E-state index is 0.114. The summed E-state index contributed by atoms with van der Waals surface area (Å²) in [5.74, 6) is 0.228. The van der Waals surface area contributed by atoms with Gasteiger partial charge in [0.2, 0.25) is 0 Å². The zero-order valence-electron chi connectivity index (χ0n) is 10.7. The lowest BCUT2D eigenvalue weighted by Crippen LogP contribution is -2.26. The van der Waals surface area contributed by atoms with E-state index in [1.165, 1.54) is 11.3 Å². The van der Waals surface area contributed by atoms with Crippen LogP contribution in [0.4, 0.5) is 13.2 Å². The monoisotopic (exact) mass is 307 g/mol. The van der Waals surface area contributed by atoms with Crippen LogP contribution in [0, 0.1) is 13.8 Å². The summed E-state index contributed by atoms with van der Waals surface area (Å²) in [4.78, 5) is 24.4. The molecular formula is C11H12F3N3O2S. The smallest absolute Gasteiger partial charge is 0.309 e. The molecular weight excluding hydrogens is 295 g/mol. The van der Waals surface area contributed by atoms with Crippen molar-refractivity contribution in [2.45, 2.75) is 26.6 Å². The van der Waals surface area contributed by atoms with Gasteiger partial charge in [0.05, 0.1) is 11.9 Å². The molecule has 20 heavy (non-hydrogen) atoms. The minimum Gasteiger partial charge on any atom is -0.309 e. The Morgan fingerprint density at radius 2 is 2.10 bits per heavy atom. The number of nitrogens with one attached hydrogen (secondary N) is 2. The molecule has 2 rings (SSSR count). The molecule has 110 valence electrons. The third kappa shape index (κ3) is 3.35. The molecule has 2 aromatic rings. The second kappa shape index (κ2) is 5.51. The molecule has 0 unspecified atom stereocenters. The standard InChI is InChI=1S/C11H12F3N3O2S/c1-5-6(2)20-10-8(5)9(18)16-7(17-10)3-15-19-4-11(12,13)14/h15H,3-4H2,1-2H3,(H,16,17,18). The number of hydrogen-bond donors (Lipinski definition) is 2. The summed E-state index contributed by atoms with van der Waals surface area (Å²) in [6.07, 6.45) is -4.40. The first-order valence-corrected chi connectivity index (χ1v) is 6.50. The van der Waals surface area contributed by atoms with Crippen LogP contribution in [0.1, 0.15) is 16.3 Å². The van der Waals surface area contributed by atoms with Crippen molar-refractivity contribution in [2.24, 2.45) is 0 Å². The Bertz CT molecular complexity index is 678. The van der Waals surface area contributed by atoms with Crippen molar-refractivity contribution in [1.82, 2.24) is 15.4 Å². The lowest BCUT2D eigenvalue weighted by Gasteiger charge is -2.07. The van der Waals surface area contributed by atoms with Crippen LogP contribution in [-0.2, 0) is 11.4 Å². The topological polar surface area (TPSA) is 67.0 Å². The summed E-state index contributed by atoms with van der Waals surface area (Å²) in [5, 5.41) is 0.521. The molecule has 0 saturated carbocycles. The number of aromatic nitrogens is 2. The Morgan fingerprint density at radius 3 is 2.75 bits per heavy atom. The van der Waals surface area contributed by atoms with Crippen LogP contribution in [0.2, 0.25) is 0 Å². The minimum atomic E-state index is -4.40. The van der Waals surface area contributed by atoms with E-state index in [4.69, 9.17) is 0 Å². The van der Waals surface area contributed by atoms with Crippen LogP contribution in [0.25, 0.3) is 10.2 Å². The second-order valence-corrected chi connectivity index (χ2v) is 5.40. The van der Waals surface area contributed by atoms with E-state index in [0.717, 1.165) is 10.4 Å². The van der Waals surface area contributed by atoms with Gasteiger partial charge in [-0.25, -0.2) is 4.98 Å². The molecule has 0 atom stereocenters. The Balaban J connectivity index is 2.10. The van der Waals surface area contributed by atoms with E-state index in [1.54, 1.807) is 0 Å². The average Bonchev–Trinajstić information content (AvgIpc) is 2.60. The van der Waals surface area contributed by atoms with Crippen LogP contribution in [0.3, 0.4) is 0 Å². The zero-order chi connectivity index (χ0) is 14.9. The Labute approximate surface area is 115 Å². The number of alkyl halides is 3. The van der Waals surface area contributed by atoms with Crippen molar-refractivity contribution in [3.63, 3.8) is 0 Å². The Morgan fingerprint density at radius 1 is 1.40 bits per heavy atom. The molecule has 0 saturated heterocycles. The summed E-state index contributed by atoms with van der Waals surface area (Å²) in [5.41, 5.74) is 2.69. The maximum atomic E-state index is 11.9. The lowest BCUT2D eigenvalue weighted by molar-refractivity contribution is -0.190. The van der Waals surface area contributed by atoms with Crippen LogP contribution in [0.15, 0.2) is 4.79 Å². The van der Waals surface area contributed by atoms with E-state index in [-0.39, 0.29) is 17.9 Å². The van der Waals surface area contributed by atoms with Crippen molar-refractivity contribution < 1.29 is 18.0 Å². The predicted octanol–water partition coefficient (Wildman–Crippen LogP) is 2.18. The van der Waals surface area contributed by atoms with Crippen molar-refractivity contribution >= 4 is 21.6 Å². The van der Waals surface area contributed by atoms with E-state index >= 15 is 0 Å². The van der Waals surface area contributed by atoms with E-state index in [1.807, 2.05) is 13.8 Å². The molecule has 0 amide bonds. The number of halogens is 3. The summed E-state index contributed by atoms with van der Waals surface area (Å²) in [6.45, 7) is 2.19. The van der Waals surface area contributed by atoms with Crippen molar-refractivity contribution in [3.05, 3.63) is 26.6 Å². The second-order valence-electron chi connectivity index (χ2n) is 4.20. The molecule has 9 heteroatoms. The number of hydrogen-bond acceptors (Lipinski definition) is 5. The lowest BCUT2D eigenvalue weighted by atomic mass is 10.2. The average molecular weight is 307 g/mol. The maximum absolute atomic E-state index is 11.9. The number of nitrogens with zero attached hydrogens (tertiary/aromatic N) is 1. The number of H-pyrrole nitrogens is 1. The summed E-state index contributed by atoms with van der Waals surface area (Å²) < 4.78 is 35.6. The van der Waals surface area contributed by atoms with Crippen molar-refractivity contribution in [1.29, 1.82) is 0 Å². The predicted molar refractivity (Wildman–Crippen MR) is 68.6 cm³/mol. The van der Waals surface area contributed by atoms with Crippen LogP contribution >= 0.6 is 11.3 Å². The molecule has 0 aromatic carbocycles. The fourth-order valence-corrected chi connectivity index (χ4v) is 2.68. The molecule has 0 fully saturated rings. The van der Waals surface area contributed by atoms with Crippen molar-refractivity contribution in [2.75, 3.05) is 6.61 Å². The Hall–Kier alpha value is -1.45. The van der Waals surface area contributed by atoms with Crippen LogP contribution in [-0.4, -0.2) is 22.8 Å². The van der Waals surface area contributed by atoms with Crippen LogP contribution in [0.5, 0.6) is 0 Å². The van der Waals surface area contributed by atoms with Gasteiger partial charge in [-0.2, -0.15) is 18.7 Å². The zero-order valence-corrected chi connectivity index (χ0v) is 11.5. The summed E-state index contributed by atoms with van der Waals surface area (Å²) in [6, 6.07) is 0. The molecule has 2 aromatic heterocycles. The summed E-state index contributed by atoms with van der Waals surface area (Å²) in [7, 11) is 0. The molecule has 0 aliphatic rings. The molecule has 0 aliphatic carbocycles. The normalized spacial score (nSPS) is 12.2. The first-order valence-electron chi connectivity index (χ1n) is 5.68. The number of rotatable bonds is 4. The van der Waals surface area contributed by atoms with Gasteiger partial charge in [-0.05, 0) is 19.4 Å². The highest BCUT2D eigenvalue weighted by Crippen LogP contribution is 2.25. The van der Waals surface area contributed by atoms with Gasteiger partial charge < -0.3 is 4.98 Å². The highest BCUT2D eigenvalue weighted by molar-refractivity contribution is 7.18. The molecule has 0 aliphatic heterocycles. The number of fused-ring (bicyclic) bond motifs is 1. The van der Waals surface area contributed by atoms with Gasteiger partial charge in [0, 0.05) is 4.88 Å². The van der Waals surface area contributed by atoms with Crippen LogP contribution < -0.4 is 11.0 Å². The fourth-order valence-electron chi connectivity index (χ4n) is 1.64. The number of hydroxylamine groups is 1. The van der Waals surface area contributed by atoms with Crippen molar-refractivity contribution in [3.8, 4) is 0 Å². The highest BCUT2D eigenvalue weighted by atomic mass is 32.1. The first-order chi connectivity index (χ1) is 9.28. The molecule has 0 spiro atoms. The number of thiophene rings is 1. The third-order valence-electron chi connectivity index (χ3n) is 2.67. The fraction of sp³-hybridized carbons (Fsp3) is 0.455. The van der Waals surface area contributed by atoms with E-state index in [9.17, 15) is 18.0 Å². The van der Waals surface area contributed by atoms with E-state index in [2.05, 4.69) is 20.3 Å². The van der Waals surface area contributed by atoms with Gasteiger partial charge in [-0.1, -0.05) is 0 Å². The molecule has 5 nitrogen and oxygen atoms in total. The largest absolute Gasteiger partial charge is 0.413 e. The van der Waals surface area contributed by atoms with Gasteiger partial charge in [-0.15, -0.1) is 11.3 Å². The molecule has 2 heterocycles. The van der Waals surface area contributed by atoms with Gasteiger partial charge in [0.1, 0.15) is 10.7 Å². The van der Waals surface area contributed by atoms with Gasteiger partial charge in [0.15, 0.2) is 6.61 Å². The molecule has 0 radical (unpaired) electrons. The van der Waals surface area contributed by atoms with E-state index in [0.29, 0.717) is 10.2 Å². The van der Waals surface area contributed by atoms with E-state index < -0.39 is 12.8 Å². The van der Waals surface area contributed by atoms with Gasteiger partial charge >= 0.3 is 6.18 Å². The number of aryl methyl sites for hydroxylation is 2. The highest BCUT2D eigenvalue weighted by Gasteiger charge is 2.27. The number of aromatic amines is 1. The Kier molecular flexibility index (Phi) is 4.11. The first kappa shape index (κ1) is 14.9.